The molecular weight excluding hydrogens is 250 g/mol. The Morgan fingerprint density at radius 2 is 2.05 bits per heavy atom. The van der Waals surface area contributed by atoms with Crippen molar-refractivity contribution >= 4 is 6.29 Å². The van der Waals surface area contributed by atoms with Crippen LogP contribution in [0, 0.1) is 0 Å². The molecule has 1 saturated carbocycles. The van der Waals surface area contributed by atoms with Crippen LogP contribution >= 0.6 is 0 Å². The van der Waals surface area contributed by atoms with Crippen molar-refractivity contribution in [1.29, 1.82) is 0 Å². The number of rotatable bonds is 6. The normalized spacial score (nSPS) is 16.4. The summed E-state index contributed by atoms with van der Waals surface area (Å²) in [6, 6.07) is 6.34. The maximum Gasteiger partial charge on any atom is 0.150 e. The standard InChI is InChI=1S/C17H25NO2/c1-3-18(16-7-5-4-6-8-16)12-15-11-14(13-19)9-10-17(15)20-2/h9-11,13,16H,3-8,12H2,1-2H3. The van der Waals surface area contributed by atoms with E-state index in [0.29, 0.717) is 6.04 Å². The molecule has 0 bridgehead atoms. The van der Waals surface area contributed by atoms with Crippen LogP contribution in [-0.4, -0.2) is 30.9 Å². The molecule has 0 heterocycles. The Hall–Kier alpha value is -1.35. The fourth-order valence-corrected chi connectivity index (χ4v) is 3.16. The number of hydrogen-bond acceptors (Lipinski definition) is 3. The van der Waals surface area contributed by atoms with Gasteiger partial charge >= 0.3 is 0 Å². The molecule has 1 aromatic rings. The van der Waals surface area contributed by atoms with Crippen LogP contribution in [-0.2, 0) is 6.54 Å². The summed E-state index contributed by atoms with van der Waals surface area (Å²) in [5.41, 5.74) is 1.84. The molecule has 0 N–H and O–H groups in total. The maximum absolute atomic E-state index is 11.0. The van der Waals surface area contributed by atoms with Crippen LogP contribution in [0.5, 0.6) is 5.75 Å². The van der Waals surface area contributed by atoms with Crippen LogP contribution in [0.4, 0.5) is 0 Å². The van der Waals surface area contributed by atoms with Crippen LogP contribution in [0.25, 0.3) is 0 Å². The van der Waals surface area contributed by atoms with Gasteiger partial charge in [-0.15, -0.1) is 0 Å². The summed E-state index contributed by atoms with van der Waals surface area (Å²) in [4.78, 5) is 13.5. The minimum atomic E-state index is 0.679. The van der Waals surface area contributed by atoms with Gasteiger partial charge in [0.2, 0.25) is 0 Å². The van der Waals surface area contributed by atoms with Gasteiger partial charge in [0.15, 0.2) is 0 Å². The Kier molecular flexibility index (Phi) is 5.60. The van der Waals surface area contributed by atoms with E-state index in [0.717, 1.165) is 36.3 Å². The van der Waals surface area contributed by atoms with Gasteiger partial charge in [-0.05, 0) is 37.6 Å². The zero-order valence-electron chi connectivity index (χ0n) is 12.6. The Morgan fingerprint density at radius 1 is 1.30 bits per heavy atom. The molecule has 0 aromatic heterocycles. The Bertz CT molecular complexity index is 439. The Labute approximate surface area is 121 Å². The van der Waals surface area contributed by atoms with E-state index >= 15 is 0 Å². The van der Waals surface area contributed by atoms with Crippen molar-refractivity contribution in [3.05, 3.63) is 29.3 Å². The Balaban J connectivity index is 2.14. The fraction of sp³-hybridized carbons (Fsp3) is 0.588. The number of ether oxygens (including phenoxy) is 1. The molecular formula is C17H25NO2. The van der Waals surface area contributed by atoms with Gasteiger partial charge in [-0.2, -0.15) is 0 Å². The largest absolute Gasteiger partial charge is 0.496 e. The fourth-order valence-electron chi connectivity index (χ4n) is 3.16. The molecule has 0 amide bonds. The smallest absolute Gasteiger partial charge is 0.150 e. The molecule has 0 saturated heterocycles. The predicted molar refractivity (Wildman–Crippen MR) is 81.3 cm³/mol. The monoisotopic (exact) mass is 275 g/mol. The van der Waals surface area contributed by atoms with Crippen molar-refractivity contribution in [3.63, 3.8) is 0 Å². The molecule has 110 valence electrons. The average molecular weight is 275 g/mol. The van der Waals surface area contributed by atoms with E-state index in [1.54, 1.807) is 7.11 Å². The number of carbonyl (C=O) groups is 1. The quantitative estimate of drug-likeness (QED) is 0.742. The first kappa shape index (κ1) is 15.0. The van der Waals surface area contributed by atoms with E-state index in [1.807, 2.05) is 18.2 Å². The highest BCUT2D eigenvalue weighted by molar-refractivity contribution is 5.75. The van der Waals surface area contributed by atoms with E-state index < -0.39 is 0 Å². The molecule has 20 heavy (non-hydrogen) atoms. The third kappa shape index (κ3) is 3.60. The lowest BCUT2D eigenvalue weighted by Gasteiger charge is -2.33. The summed E-state index contributed by atoms with van der Waals surface area (Å²) >= 11 is 0. The molecule has 0 spiro atoms. The molecule has 1 aliphatic rings. The van der Waals surface area contributed by atoms with Gasteiger partial charge in [0.25, 0.3) is 0 Å². The highest BCUT2D eigenvalue weighted by Crippen LogP contribution is 2.27. The molecule has 0 atom stereocenters. The Morgan fingerprint density at radius 3 is 2.65 bits per heavy atom. The van der Waals surface area contributed by atoms with Crippen molar-refractivity contribution < 1.29 is 9.53 Å². The van der Waals surface area contributed by atoms with E-state index in [2.05, 4.69) is 11.8 Å². The second kappa shape index (κ2) is 7.44. The topological polar surface area (TPSA) is 29.5 Å². The lowest BCUT2D eigenvalue weighted by molar-refractivity contribution is 0.112. The highest BCUT2D eigenvalue weighted by Gasteiger charge is 2.21. The van der Waals surface area contributed by atoms with Crippen molar-refractivity contribution in [1.82, 2.24) is 4.90 Å². The number of methoxy groups -OCH3 is 1. The van der Waals surface area contributed by atoms with Crippen molar-refractivity contribution in [2.24, 2.45) is 0 Å². The molecule has 1 aliphatic carbocycles. The van der Waals surface area contributed by atoms with Crippen LogP contribution in [0.15, 0.2) is 18.2 Å². The van der Waals surface area contributed by atoms with Gasteiger partial charge in [-0.3, -0.25) is 9.69 Å². The second-order valence-corrected chi connectivity index (χ2v) is 5.54. The highest BCUT2D eigenvalue weighted by atomic mass is 16.5. The predicted octanol–water partition coefficient (Wildman–Crippen LogP) is 3.66. The number of aldehydes is 1. The third-order valence-electron chi connectivity index (χ3n) is 4.31. The summed E-state index contributed by atoms with van der Waals surface area (Å²) < 4.78 is 5.43. The molecule has 1 fully saturated rings. The summed E-state index contributed by atoms with van der Waals surface area (Å²) in [5, 5.41) is 0. The van der Waals surface area contributed by atoms with E-state index in [9.17, 15) is 4.79 Å². The molecule has 1 aromatic carbocycles. The first-order valence-electron chi connectivity index (χ1n) is 7.64. The van der Waals surface area contributed by atoms with Crippen LogP contribution in [0.2, 0.25) is 0 Å². The first-order valence-corrected chi connectivity index (χ1v) is 7.64. The number of hydrogen-bond donors (Lipinski definition) is 0. The average Bonchev–Trinajstić information content (AvgIpc) is 2.53. The number of carbonyl (C=O) groups excluding carboxylic acids is 1. The molecule has 2 rings (SSSR count). The molecule has 0 unspecified atom stereocenters. The van der Waals surface area contributed by atoms with Gasteiger partial charge in [-0.25, -0.2) is 0 Å². The maximum atomic E-state index is 11.0. The lowest BCUT2D eigenvalue weighted by Crippen LogP contribution is -2.36. The van der Waals surface area contributed by atoms with Gasteiger partial charge in [-0.1, -0.05) is 26.2 Å². The molecule has 0 radical (unpaired) electrons. The van der Waals surface area contributed by atoms with E-state index in [1.165, 1.54) is 32.1 Å². The lowest BCUT2D eigenvalue weighted by atomic mass is 9.93. The number of nitrogens with zero attached hydrogens (tertiary/aromatic N) is 1. The minimum Gasteiger partial charge on any atom is -0.496 e. The molecule has 0 aliphatic heterocycles. The SMILES string of the molecule is CCN(Cc1cc(C=O)ccc1OC)C1CCCCC1. The minimum absolute atomic E-state index is 0.679. The van der Waals surface area contributed by atoms with Gasteiger partial charge < -0.3 is 4.74 Å². The van der Waals surface area contributed by atoms with Gasteiger partial charge in [0.1, 0.15) is 12.0 Å². The first-order chi connectivity index (χ1) is 9.78. The summed E-state index contributed by atoms with van der Waals surface area (Å²) in [6.45, 7) is 4.12. The van der Waals surface area contributed by atoms with E-state index in [4.69, 9.17) is 4.74 Å². The van der Waals surface area contributed by atoms with Gasteiger partial charge in [0, 0.05) is 23.7 Å². The van der Waals surface area contributed by atoms with Crippen molar-refractivity contribution in [3.8, 4) is 5.75 Å². The van der Waals surface area contributed by atoms with Crippen LogP contribution < -0.4 is 4.74 Å². The summed E-state index contributed by atoms with van der Waals surface area (Å²) in [5.74, 6) is 0.879. The van der Waals surface area contributed by atoms with Crippen LogP contribution in [0.1, 0.15) is 54.9 Å². The van der Waals surface area contributed by atoms with E-state index in [-0.39, 0.29) is 0 Å². The van der Waals surface area contributed by atoms with Crippen molar-refractivity contribution in [2.75, 3.05) is 13.7 Å². The summed E-state index contributed by atoms with van der Waals surface area (Å²) in [6.07, 6.45) is 7.55. The summed E-state index contributed by atoms with van der Waals surface area (Å²) in [7, 11) is 1.69. The molecule has 3 nitrogen and oxygen atoms in total. The van der Waals surface area contributed by atoms with Crippen LogP contribution in [0.3, 0.4) is 0 Å². The van der Waals surface area contributed by atoms with Gasteiger partial charge in [0.05, 0.1) is 7.11 Å². The van der Waals surface area contributed by atoms with Crippen molar-refractivity contribution in [2.45, 2.75) is 51.6 Å². The zero-order chi connectivity index (χ0) is 14.4. The second-order valence-electron chi connectivity index (χ2n) is 5.54. The molecule has 3 heteroatoms. The zero-order valence-corrected chi connectivity index (χ0v) is 12.6. The number of benzene rings is 1. The third-order valence-corrected chi connectivity index (χ3v) is 4.31.